The molecule has 0 aliphatic rings. The molecular formula is C15H13N3O. The minimum Gasteiger partial charge on any atom is -0.320 e. The number of benzene rings is 1. The molecule has 1 aromatic heterocycles. The molecule has 0 aliphatic heterocycles. The van der Waals surface area contributed by atoms with Gasteiger partial charge < -0.3 is 5.32 Å². The van der Waals surface area contributed by atoms with Crippen molar-refractivity contribution in [3.05, 3.63) is 58.9 Å². The third-order valence-corrected chi connectivity index (χ3v) is 2.71. The van der Waals surface area contributed by atoms with E-state index in [0.29, 0.717) is 11.3 Å². The Morgan fingerprint density at radius 2 is 2.00 bits per heavy atom. The SMILES string of the molecule is Cc1cc(C#N)cc(C(=O)Nc2ccccc2C)n1. The molecule has 2 aromatic rings. The van der Waals surface area contributed by atoms with Crippen molar-refractivity contribution in [1.82, 2.24) is 4.98 Å². The molecule has 2 rings (SSSR count). The zero-order valence-electron chi connectivity index (χ0n) is 10.8. The molecule has 0 bridgehead atoms. The molecule has 0 atom stereocenters. The van der Waals surface area contributed by atoms with Crippen LogP contribution in [0.25, 0.3) is 0 Å². The fourth-order valence-electron chi connectivity index (χ4n) is 1.75. The van der Waals surface area contributed by atoms with E-state index >= 15 is 0 Å². The second-order valence-electron chi connectivity index (χ2n) is 4.26. The van der Waals surface area contributed by atoms with Crippen LogP contribution >= 0.6 is 0 Å². The molecule has 0 unspecified atom stereocenters. The number of hydrogen-bond acceptors (Lipinski definition) is 3. The van der Waals surface area contributed by atoms with Gasteiger partial charge in [-0.05, 0) is 37.6 Å². The average molecular weight is 251 g/mol. The fourth-order valence-corrected chi connectivity index (χ4v) is 1.75. The van der Waals surface area contributed by atoms with Gasteiger partial charge in [0.05, 0.1) is 11.6 Å². The monoisotopic (exact) mass is 251 g/mol. The molecule has 4 nitrogen and oxygen atoms in total. The Bertz CT molecular complexity index is 671. The standard InChI is InChI=1S/C15H13N3O/c1-10-5-3-4-6-13(10)18-15(19)14-8-12(9-16)7-11(2)17-14/h3-8H,1-2H3,(H,18,19). The Hall–Kier alpha value is -2.67. The van der Waals surface area contributed by atoms with E-state index in [4.69, 9.17) is 5.26 Å². The first-order valence-corrected chi connectivity index (χ1v) is 5.86. The molecule has 1 heterocycles. The molecule has 0 aliphatic carbocycles. The van der Waals surface area contributed by atoms with E-state index in [2.05, 4.69) is 10.3 Å². The van der Waals surface area contributed by atoms with Gasteiger partial charge in [0.2, 0.25) is 0 Å². The molecule has 94 valence electrons. The van der Waals surface area contributed by atoms with Crippen LogP contribution in [0.5, 0.6) is 0 Å². The van der Waals surface area contributed by atoms with Crippen LogP contribution in [0.4, 0.5) is 5.69 Å². The predicted molar refractivity (Wildman–Crippen MR) is 72.8 cm³/mol. The maximum Gasteiger partial charge on any atom is 0.274 e. The van der Waals surface area contributed by atoms with Crippen LogP contribution in [0.1, 0.15) is 27.3 Å². The summed E-state index contributed by atoms with van der Waals surface area (Å²) in [5.41, 5.74) is 3.05. The zero-order chi connectivity index (χ0) is 13.8. The molecule has 0 radical (unpaired) electrons. The van der Waals surface area contributed by atoms with Crippen molar-refractivity contribution in [2.75, 3.05) is 5.32 Å². The van der Waals surface area contributed by atoms with Crippen LogP contribution in [0, 0.1) is 25.2 Å². The van der Waals surface area contributed by atoms with Gasteiger partial charge in [-0.1, -0.05) is 18.2 Å². The Labute approximate surface area is 111 Å². The minimum atomic E-state index is -0.311. The zero-order valence-corrected chi connectivity index (χ0v) is 10.8. The van der Waals surface area contributed by atoms with E-state index in [-0.39, 0.29) is 11.6 Å². The molecular weight excluding hydrogens is 238 g/mol. The van der Waals surface area contributed by atoms with Crippen molar-refractivity contribution in [1.29, 1.82) is 5.26 Å². The number of para-hydroxylation sites is 1. The van der Waals surface area contributed by atoms with Gasteiger partial charge in [-0.15, -0.1) is 0 Å². The van der Waals surface area contributed by atoms with E-state index in [1.165, 1.54) is 6.07 Å². The number of rotatable bonds is 2. The summed E-state index contributed by atoms with van der Waals surface area (Å²) in [5, 5.41) is 11.7. The molecule has 4 heteroatoms. The molecule has 1 aromatic carbocycles. The average Bonchev–Trinajstić information content (AvgIpc) is 2.40. The van der Waals surface area contributed by atoms with Crippen LogP contribution in [0.3, 0.4) is 0 Å². The number of nitriles is 1. The predicted octanol–water partition coefficient (Wildman–Crippen LogP) is 2.82. The first-order valence-electron chi connectivity index (χ1n) is 5.86. The summed E-state index contributed by atoms with van der Waals surface area (Å²) >= 11 is 0. The summed E-state index contributed by atoms with van der Waals surface area (Å²) in [7, 11) is 0. The smallest absolute Gasteiger partial charge is 0.274 e. The number of carbonyl (C=O) groups excluding carboxylic acids is 1. The summed E-state index contributed by atoms with van der Waals surface area (Å²) < 4.78 is 0. The van der Waals surface area contributed by atoms with Gasteiger partial charge in [0.25, 0.3) is 5.91 Å². The van der Waals surface area contributed by atoms with Gasteiger partial charge in [-0.25, -0.2) is 4.98 Å². The highest BCUT2D eigenvalue weighted by Crippen LogP contribution is 2.14. The summed E-state index contributed by atoms with van der Waals surface area (Å²) in [5.74, 6) is -0.311. The molecule has 19 heavy (non-hydrogen) atoms. The fraction of sp³-hybridized carbons (Fsp3) is 0.133. The second kappa shape index (κ2) is 5.32. The van der Waals surface area contributed by atoms with Gasteiger partial charge in [-0.2, -0.15) is 5.26 Å². The van der Waals surface area contributed by atoms with Crippen LogP contribution in [-0.4, -0.2) is 10.9 Å². The van der Waals surface area contributed by atoms with Gasteiger partial charge in [0.15, 0.2) is 0 Å². The van der Waals surface area contributed by atoms with E-state index in [0.717, 1.165) is 11.3 Å². The maximum absolute atomic E-state index is 12.1. The topological polar surface area (TPSA) is 65.8 Å². The summed E-state index contributed by atoms with van der Waals surface area (Å²) in [6, 6.07) is 12.7. The molecule has 1 N–H and O–H groups in total. The Morgan fingerprint density at radius 1 is 1.26 bits per heavy atom. The first-order chi connectivity index (χ1) is 9.10. The van der Waals surface area contributed by atoms with Gasteiger partial charge in [-0.3, -0.25) is 4.79 Å². The number of nitrogens with one attached hydrogen (secondary N) is 1. The number of carbonyl (C=O) groups is 1. The third kappa shape index (κ3) is 2.96. The second-order valence-corrected chi connectivity index (χ2v) is 4.26. The van der Waals surface area contributed by atoms with E-state index in [9.17, 15) is 4.79 Å². The summed E-state index contributed by atoms with van der Waals surface area (Å²) in [6.45, 7) is 3.67. The van der Waals surface area contributed by atoms with Crippen molar-refractivity contribution >= 4 is 11.6 Å². The van der Waals surface area contributed by atoms with Gasteiger partial charge >= 0.3 is 0 Å². The highest BCUT2D eigenvalue weighted by atomic mass is 16.1. The number of anilines is 1. The Balaban J connectivity index is 2.28. The normalized spacial score (nSPS) is 9.74. The van der Waals surface area contributed by atoms with Crippen LogP contribution in [-0.2, 0) is 0 Å². The van der Waals surface area contributed by atoms with Crippen LogP contribution < -0.4 is 5.32 Å². The van der Waals surface area contributed by atoms with Crippen molar-refractivity contribution in [2.45, 2.75) is 13.8 Å². The lowest BCUT2D eigenvalue weighted by Gasteiger charge is -2.08. The number of nitrogens with zero attached hydrogens (tertiary/aromatic N) is 2. The van der Waals surface area contributed by atoms with Crippen molar-refractivity contribution < 1.29 is 4.79 Å². The molecule has 0 saturated carbocycles. The lowest BCUT2D eigenvalue weighted by molar-refractivity contribution is 0.102. The first kappa shape index (κ1) is 12.8. The van der Waals surface area contributed by atoms with Crippen molar-refractivity contribution in [2.24, 2.45) is 0 Å². The summed E-state index contributed by atoms with van der Waals surface area (Å²) in [6.07, 6.45) is 0. The van der Waals surface area contributed by atoms with Crippen molar-refractivity contribution in [3.8, 4) is 6.07 Å². The Morgan fingerprint density at radius 3 is 2.68 bits per heavy atom. The molecule has 0 saturated heterocycles. The molecule has 1 amide bonds. The number of pyridine rings is 1. The molecule has 0 spiro atoms. The van der Waals surface area contributed by atoms with Crippen molar-refractivity contribution in [3.63, 3.8) is 0 Å². The highest BCUT2D eigenvalue weighted by Gasteiger charge is 2.10. The van der Waals surface area contributed by atoms with E-state index in [1.807, 2.05) is 37.3 Å². The number of hydrogen-bond donors (Lipinski definition) is 1. The minimum absolute atomic E-state index is 0.250. The quantitative estimate of drug-likeness (QED) is 0.892. The Kier molecular flexibility index (Phi) is 3.58. The summed E-state index contributed by atoms with van der Waals surface area (Å²) in [4.78, 5) is 16.2. The highest BCUT2D eigenvalue weighted by molar-refractivity contribution is 6.03. The number of amides is 1. The van der Waals surface area contributed by atoms with E-state index in [1.54, 1.807) is 13.0 Å². The van der Waals surface area contributed by atoms with E-state index < -0.39 is 0 Å². The number of aromatic nitrogens is 1. The van der Waals surface area contributed by atoms with Crippen LogP contribution in [0.2, 0.25) is 0 Å². The largest absolute Gasteiger partial charge is 0.320 e. The van der Waals surface area contributed by atoms with Crippen LogP contribution in [0.15, 0.2) is 36.4 Å². The lowest BCUT2D eigenvalue weighted by atomic mass is 10.2. The maximum atomic E-state index is 12.1. The molecule has 0 fully saturated rings. The third-order valence-electron chi connectivity index (χ3n) is 2.71. The lowest BCUT2D eigenvalue weighted by Crippen LogP contribution is -2.15. The van der Waals surface area contributed by atoms with Gasteiger partial charge in [0, 0.05) is 11.4 Å². The van der Waals surface area contributed by atoms with Gasteiger partial charge in [0.1, 0.15) is 5.69 Å². The number of aryl methyl sites for hydroxylation is 2.